The standard InChI is InChI=1S/C20H28FNO3/c1-2-19(23)22-11-9-20(10-12-22)15-16(8-14-25-20)7-13-24-18-5-3-17(21)4-6-18/h3-6,16H,2,7-15H2,1H3. The van der Waals surface area contributed by atoms with Crippen LogP contribution in [0.4, 0.5) is 4.39 Å². The second-order valence-electron chi connectivity index (χ2n) is 7.22. The van der Waals surface area contributed by atoms with E-state index in [2.05, 4.69) is 0 Å². The van der Waals surface area contributed by atoms with Crippen LogP contribution in [-0.4, -0.2) is 42.7 Å². The van der Waals surface area contributed by atoms with Gasteiger partial charge in [-0.3, -0.25) is 4.79 Å². The van der Waals surface area contributed by atoms with E-state index in [0.29, 0.717) is 18.9 Å². The maximum atomic E-state index is 12.9. The number of amides is 1. The van der Waals surface area contributed by atoms with Gasteiger partial charge >= 0.3 is 0 Å². The third-order valence-corrected chi connectivity index (χ3v) is 5.53. The normalized spacial score (nSPS) is 22.8. The molecule has 2 saturated heterocycles. The average molecular weight is 349 g/mol. The lowest BCUT2D eigenvalue weighted by Crippen LogP contribution is -2.50. The van der Waals surface area contributed by atoms with Gasteiger partial charge in [0.15, 0.2) is 0 Å². The molecule has 0 bridgehead atoms. The van der Waals surface area contributed by atoms with Gasteiger partial charge in [0.1, 0.15) is 11.6 Å². The van der Waals surface area contributed by atoms with Crippen LogP contribution in [0.25, 0.3) is 0 Å². The predicted molar refractivity (Wildman–Crippen MR) is 94.0 cm³/mol. The third kappa shape index (κ3) is 4.72. The van der Waals surface area contributed by atoms with E-state index in [-0.39, 0.29) is 17.3 Å². The summed E-state index contributed by atoms with van der Waals surface area (Å²) >= 11 is 0. The number of likely N-dealkylation sites (tertiary alicyclic amines) is 1. The molecule has 1 amide bonds. The molecule has 25 heavy (non-hydrogen) atoms. The molecule has 2 heterocycles. The second-order valence-corrected chi connectivity index (χ2v) is 7.22. The first-order valence-corrected chi connectivity index (χ1v) is 9.40. The summed E-state index contributed by atoms with van der Waals surface area (Å²) in [6.07, 6.45) is 5.56. The number of nitrogens with zero attached hydrogens (tertiary/aromatic N) is 1. The minimum atomic E-state index is -0.244. The highest BCUT2D eigenvalue weighted by atomic mass is 19.1. The summed E-state index contributed by atoms with van der Waals surface area (Å²) in [6, 6.07) is 6.18. The number of ether oxygens (including phenoxy) is 2. The van der Waals surface area contributed by atoms with Gasteiger partial charge in [-0.15, -0.1) is 0 Å². The summed E-state index contributed by atoms with van der Waals surface area (Å²) in [7, 11) is 0. The van der Waals surface area contributed by atoms with Crippen LogP contribution >= 0.6 is 0 Å². The van der Waals surface area contributed by atoms with Crippen molar-refractivity contribution in [3.05, 3.63) is 30.1 Å². The molecule has 4 nitrogen and oxygen atoms in total. The highest BCUT2D eigenvalue weighted by molar-refractivity contribution is 5.75. The van der Waals surface area contributed by atoms with Gasteiger partial charge in [0.25, 0.3) is 0 Å². The zero-order valence-corrected chi connectivity index (χ0v) is 15.0. The monoisotopic (exact) mass is 349 g/mol. The molecule has 0 radical (unpaired) electrons. The van der Waals surface area contributed by atoms with E-state index in [9.17, 15) is 9.18 Å². The maximum Gasteiger partial charge on any atom is 0.222 e. The zero-order valence-electron chi connectivity index (χ0n) is 15.0. The Morgan fingerprint density at radius 3 is 2.72 bits per heavy atom. The molecule has 0 aromatic heterocycles. The number of hydrogen-bond donors (Lipinski definition) is 0. The van der Waals surface area contributed by atoms with Crippen molar-refractivity contribution in [3.8, 4) is 5.75 Å². The Labute approximate surface area is 149 Å². The van der Waals surface area contributed by atoms with Gasteiger partial charge in [-0.25, -0.2) is 4.39 Å². The molecule has 1 spiro atoms. The lowest BCUT2D eigenvalue weighted by molar-refractivity contribution is -0.147. The van der Waals surface area contributed by atoms with Crippen molar-refractivity contribution >= 4 is 5.91 Å². The van der Waals surface area contributed by atoms with Crippen LogP contribution in [-0.2, 0) is 9.53 Å². The van der Waals surface area contributed by atoms with Crippen LogP contribution < -0.4 is 4.74 Å². The van der Waals surface area contributed by atoms with Gasteiger partial charge in [-0.05, 0) is 62.3 Å². The number of carbonyl (C=O) groups excluding carboxylic acids is 1. The Kier molecular flexibility index (Phi) is 5.94. The quantitative estimate of drug-likeness (QED) is 0.812. The molecule has 1 unspecified atom stereocenters. The van der Waals surface area contributed by atoms with E-state index in [1.807, 2.05) is 11.8 Å². The van der Waals surface area contributed by atoms with Gasteiger partial charge in [-0.2, -0.15) is 0 Å². The molecule has 0 saturated carbocycles. The summed E-state index contributed by atoms with van der Waals surface area (Å²) in [5, 5.41) is 0. The third-order valence-electron chi connectivity index (χ3n) is 5.53. The van der Waals surface area contributed by atoms with Crippen LogP contribution in [0.1, 0.15) is 45.4 Å². The number of hydrogen-bond acceptors (Lipinski definition) is 3. The molecule has 1 aromatic carbocycles. The Bertz CT molecular complexity index is 567. The molecular formula is C20H28FNO3. The first kappa shape index (κ1) is 18.2. The topological polar surface area (TPSA) is 38.8 Å². The van der Waals surface area contributed by atoms with Gasteiger partial charge in [0.05, 0.1) is 12.2 Å². The Balaban J connectivity index is 1.45. The average Bonchev–Trinajstić information content (AvgIpc) is 2.64. The molecule has 0 aliphatic carbocycles. The van der Waals surface area contributed by atoms with Crippen LogP contribution in [0.2, 0.25) is 0 Å². The van der Waals surface area contributed by atoms with E-state index in [1.165, 1.54) is 12.1 Å². The summed E-state index contributed by atoms with van der Waals surface area (Å²) in [6.45, 7) is 4.98. The fourth-order valence-electron chi connectivity index (χ4n) is 3.99. The van der Waals surface area contributed by atoms with Crippen molar-refractivity contribution < 1.29 is 18.7 Å². The fourth-order valence-corrected chi connectivity index (χ4v) is 3.99. The number of rotatable bonds is 5. The largest absolute Gasteiger partial charge is 0.494 e. The van der Waals surface area contributed by atoms with Gasteiger partial charge < -0.3 is 14.4 Å². The van der Waals surface area contributed by atoms with E-state index in [1.54, 1.807) is 12.1 Å². The number of carbonyl (C=O) groups is 1. The van der Waals surface area contributed by atoms with E-state index in [4.69, 9.17) is 9.47 Å². The maximum absolute atomic E-state index is 12.9. The van der Waals surface area contributed by atoms with Crippen molar-refractivity contribution in [1.82, 2.24) is 4.90 Å². The van der Waals surface area contributed by atoms with E-state index < -0.39 is 0 Å². The Morgan fingerprint density at radius 1 is 1.32 bits per heavy atom. The number of halogens is 1. The van der Waals surface area contributed by atoms with Crippen LogP contribution in [0.15, 0.2) is 24.3 Å². The molecule has 1 atom stereocenters. The smallest absolute Gasteiger partial charge is 0.222 e. The van der Waals surface area contributed by atoms with E-state index in [0.717, 1.165) is 57.6 Å². The van der Waals surface area contributed by atoms with Crippen molar-refractivity contribution in [1.29, 1.82) is 0 Å². The Hall–Kier alpha value is -1.62. The molecule has 2 fully saturated rings. The molecule has 5 heteroatoms. The van der Waals surface area contributed by atoms with Gasteiger partial charge in [-0.1, -0.05) is 6.92 Å². The Morgan fingerprint density at radius 2 is 2.04 bits per heavy atom. The number of benzene rings is 1. The predicted octanol–water partition coefficient (Wildman–Crippen LogP) is 3.79. The highest BCUT2D eigenvalue weighted by Gasteiger charge is 2.40. The fraction of sp³-hybridized carbons (Fsp3) is 0.650. The SMILES string of the molecule is CCC(=O)N1CCC2(CC1)CC(CCOc1ccc(F)cc1)CCO2. The van der Waals surface area contributed by atoms with Gasteiger partial charge in [0.2, 0.25) is 5.91 Å². The van der Waals surface area contributed by atoms with Crippen LogP contribution in [0, 0.1) is 11.7 Å². The molecule has 138 valence electrons. The van der Waals surface area contributed by atoms with Gasteiger partial charge in [0, 0.05) is 26.1 Å². The number of piperidine rings is 1. The summed E-state index contributed by atoms with van der Waals surface area (Å²) < 4.78 is 24.8. The molecular weight excluding hydrogens is 321 g/mol. The summed E-state index contributed by atoms with van der Waals surface area (Å²) in [4.78, 5) is 13.8. The molecule has 1 aromatic rings. The first-order valence-electron chi connectivity index (χ1n) is 9.40. The molecule has 3 rings (SSSR count). The van der Waals surface area contributed by atoms with Crippen molar-refractivity contribution in [2.75, 3.05) is 26.3 Å². The van der Waals surface area contributed by atoms with Crippen LogP contribution in [0.3, 0.4) is 0 Å². The highest BCUT2D eigenvalue weighted by Crippen LogP contribution is 2.38. The second kappa shape index (κ2) is 8.17. The minimum absolute atomic E-state index is 0.0523. The lowest BCUT2D eigenvalue weighted by atomic mass is 9.78. The summed E-state index contributed by atoms with van der Waals surface area (Å²) in [5.74, 6) is 1.30. The van der Waals surface area contributed by atoms with Crippen molar-refractivity contribution in [2.24, 2.45) is 5.92 Å². The van der Waals surface area contributed by atoms with Crippen molar-refractivity contribution in [2.45, 2.75) is 51.0 Å². The lowest BCUT2D eigenvalue weighted by Gasteiger charge is -2.46. The molecule has 0 N–H and O–H groups in total. The van der Waals surface area contributed by atoms with Crippen molar-refractivity contribution in [3.63, 3.8) is 0 Å². The molecule has 2 aliphatic heterocycles. The minimum Gasteiger partial charge on any atom is -0.494 e. The zero-order chi connectivity index (χ0) is 17.7. The summed E-state index contributed by atoms with van der Waals surface area (Å²) in [5.41, 5.74) is -0.0523. The molecule has 2 aliphatic rings. The first-order chi connectivity index (χ1) is 12.1. The van der Waals surface area contributed by atoms with Crippen LogP contribution in [0.5, 0.6) is 5.75 Å². The van der Waals surface area contributed by atoms with E-state index >= 15 is 0 Å².